The van der Waals surface area contributed by atoms with Gasteiger partial charge >= 0.3 is 0 Å². The molecule has 1 amide bonds. The number of rotatable bonds is 3. The van der Waals surface area contributed by atoms with Crippen LogP contribution in [0.4, 0.5) is 0 Å². The van der Waals surface area contributed by atoms with Crippen LogP contribution in [-0.4, -0.2) is 30.9 Å². The summed E-state index contributed by atoms with van der Waals surface area (Å²) in [5, 5.41) is 3.30. The molecular weight excluding hydrogens is 236 g/mol. The van der Waals surface area contributed by atoms with E-state index in [9.17, 15) is 4.79 Å². The van der Waals surface area contributed by atoms with Gasteiger partial charge in [-0.3, -0.25) is 4.79 Å². The predicted molar refractivity (Wildman–Crippen MR) is 78.0 cm³/mol. The molecule has 1 fully saturated rings. The minimum absolute atomic E-state index is 0.142. The van der Waals surface area contributed by atoms with Crippen LogP contribution in [0.2, 0.25) is 0 Å². The second-order valence-corrected chi connectivity index (χ2v) is 5.56. The van der Waals surface area contributed by atoms with Gasteiger partial charge in [-0.05, 0) is 45.3 Å². The van der Waals surface area contributed by atoms with Gasteiger partial charge in [0.2, 0.25) is 5.91 Å². The first-order valence-corrected chi connectivity index (χ1v) is 7.13. The Labute approximate surface area is 116 Å². The van der Waals surface area contributed by atoms with Crippen LogP contribution >= 0.6 is 0 Å². The molecule has 1 N–H and O–H groups in total. The number of benzene rings is 1. The zero-order valence-electron chi connectivity index (χ0n) is 12.1. The molecule has 1 aliphatic heterocycles. The summed E-state index contributed by atoms with van der Waals surface area (Å²) in [6, 6.07) is 8.59. The van der Waals surface area contributed by atoms with Crippen molar-refractivity contribution in [2.45, 2.75) is 32.7 Å². The van der Waals surface area contributed by atoms with Crippen molar-refractivity contribution >= 4 is 5.91 Å². The molecule has 0 aromatic heterocycles. The van der Waals surface area contributed by atoms with Gasteiger partial charge in [0.25, 0.3) is 0 Å². The van der Waals surface area contributed by atoms with E-state index in [1.807, 2.05) is 11.9 Å². The highest BCUT2D eigenvalue weighted by molar-refractivity contribution is 5.79. The number of nitrogens with zero attached hydrogens (tertiary/aromatic N) is 1. The minimum Gasteiger partial charge on any atom is -0.339 e. The Morgan fingerprint density at radius 1 is 1.26 bits per heavy atom. The molecule has 3 heteroatoms. The lowest BCUT2D eigenvalue weighted by atomic mass is 9.95. The molecule has 104 valence electrons. The zero-order chi connectivity index (χ0) is 13.8. The summed E-state index contributed by atoms with van der Waals surface area (Å²) in [5.74, 6) is 0.480. The van der Waals surface area contributed by atoms with Crippen molar-refractivity contribution in [2.75, 3.05) is 20.1 Å². The number of nitrogens with one attached hydrogen (secondary N) is 1. The second kappa shape index (κ2) is 6.20. The van der Waals surface area contributed by atoms with Gasteiger partial charge in [0.1, 0.15) is 0 Å². The third kappa shape index (κ3) is 3.35. The minimum atomic E-state index is 0.142. The molecule has 0 radical (unpaired) electrons. The van der Waals surface area contributed by atoms with Gasteiger partial charge in [0.15, 0.2) is 0 Å². The van der Waals surface area contributed by atoms with Gasteiger partial charge in [-0.2, -0.15) is 0 Å². The summed E-state index contributed by atoms with van der Waals surface area (Å²) >= 11 is 0. The Hall–Kier alpha value is -1.35. The van der Waals surface area contributed by atoms with Gasteiger partial charge in [0, 0.05) is 13.0 Å². The highest BCUT2D eigenvalue weighted by atomic mass is 16.2. The van der Waals surface area contributed by atoms with Crippen LogP contribution in [0.1, 0.15) is 36.9 Å². The average Bonchev–Trinajstić information content (AvgIpc) is 2.46. The third-order valence-corrected chi connectivity index (χ3v) is 4.18. The van der Waals surface area contributed by atoms with Crippen molar-refractivity contribution in [3.8, 4) is 0 Å². The van der Waals surface area contributed by atoms with Crippen molar-refractivity contribution in [2.24, 2.45) is 5.92 Å². The van der Waals surface area contributed by atoms with E-state index in [0.717, 1.165) is 25.9 Å². The van der Waals surface area contributed by atoms with E-state index in [-0.39, 0.29) is 17.9 Å². The summed E-state index contributed by atoms with van der Waals surface area (Å²) < 4.78 is 0. The monoisotopic (exact) mass is 260 g/mol. The van der Waals surface area contributed by atoms with Crippen molar-refractivity contribution in [3.05, 3.63) is 35.4 Å². The van der Waals surface area contributed by atoms with Crippen LogP contribution in [0.25, 0.3) is 0 Å². The molecule has 1 heterocycles. The van der Waals surface area contributed by atoms with E-state index >= 15 is 0 Å². The quantitative estimate of drug-likeness (QED) is 0.905. The van der Waals surface area contributed by atoms with Gasteiger partial charge in [-0.15, -0.1) is 0 Å². The van der Waals surface area contributed by atoms with E-state index in [0.29, 0.717) is 0 Å². The maximum absolute atomic E-state index is 12.5. The van der Waals surface area contributed by atoms with E-state index in [1.54, 1.807) is 0 Å². The summed E-state index contributed by atoms with van der Waals surface area (Å²) in [5.41, 5.74) is 2.46. The molecule has 0 saturated carbocycles. The molecule has 0 aliphatic carbocycles. The first kappa shape index (κ1) is 14.1. The Morgan fingerprint density at radius 2 is 1.84 bits per heavy atom. The van der Waals surface area contributed by atoms with Crippen molar-refractivity contribution in [3.63, 3.8) is 0 Å². The van der Waals surface area contributed by atoms with Crippen molar-refractivity contribution < 1.29 is 4.79 Å². The second-order valence-electron chi connectivity index (χ2n) is 5.56. The first-order valence-electron chi connectivity index (χ1n) is 7.13. The molecule has 0 spiro atoms. The van der Waals surface area contributed by atoms with Crippen molar-refractivity contribution in [1.82, 2.24) is 10.2 Å². The number of carbonyl (C=O) groups excluding carboxylic acids is 1. The normalized spacial score (nSPS) is 18.1. The van der Waals surface area contributed by atoms with Gasteiger partial charge in [0.05, 0.1) is 6.04 Å². The van der Waals surface area contributed by atoms with Gasteiger partial charge in [-0.1, -0.05) is 29.8 Å². The fourth-order valence-electron chi connectivity index (χ4n) is 2.62. The van der Waals surface area contributed by atoms with Crippen molar-refractivity contribution in [1.29, 1.82) is 0 Å². The highest BCUT2D eigenvalue weighted by Crippen LogP contribution is 2.23. The predicted octanol–water partition coefficient (Wildman–Crippen LogP) is 2.51. The molecule has 3 nitrogen and oxygen atoms in total. The number of hydrogen-bond donors (Lipinski definition) is 1. The lowest BCUT2D eigenvalue weighted by Crippen LogP contribution is -2.40. The number of amides is 1. The molecular formula is C16H24N2O. The van der Waals surface area contributed by atoms with Crippen LogP contribution in [0.5, 0.6) is 0 Å². The fraction of sp³-hybridized carbons (Fsp3) is 0.562. The topological polar surface area (TPSA) is 32.3 Å². The average molecular weight is 260 g/mol. The summed E-state index contributed by atoms with van der Waals surface area (Å²) in [6.45, 7) is 6.11. The molecule has 0 bridgehead atoms. The van der Waals surface area contributed by atoms with E-state index < -0.39 is 0 Å². The van der Waals surface area contributed by atoms with Crippen LogP contribution in [0.15, 0.2) is 24.3 Å². The van der Waals surface area contributed by atoms with Crippen LogP contribution in [0.3, 0.4) is 0 Å². The zero-order valence-corrected chi connectivity index (χ0v) is 12.1. The highest BCUT2D eigenvalue weighted by Gasteiger charge is 2.26. The summed E-state index contributed by atoms with van der Waals surface area (Å²) in [4.78, 5) is 14.4. The van der Waals surface area contributed by atoms with Crippen LogP contribution in [0, 0.1) is 12.8 Å². The molecule has 1 aromatic rings. The van der Waals surface area contributed by atoms with E-state index in [2.05, 4.69) is 43.4 Å². The molecule has 1 saturated heterocycles. The summed E-state index contributed by atoms with van der Waals surface area (Å²) in [6.07, 6.45) is 1.92. The van der Waals surface area contributed by atoms with Crippen LogP contribution in [-0.2, 0) is 4.79 Å². The Balaban J connectivity index is 2.03. The Morgan fingerprint density at radius 3 is 2.42 bits per heavy atom. The van der Waals surface area contributed by atoms with Gasteiger partial charge in [-0.25, -0.2) is 0 Å². The van der Waals surface area contributed by atoms with E-state index in [1.165, 1.54) is 11.1 Å². The SMILES string of the molecule is Cc1ccc(C(C)N(C)C(=O)C2CCNCC2)cc1. The maximum Gasteiger partial charge on any atom is 0.226 e. The largest absolute Gasteiger partial charge is 0.339 e. The molecule has 2 rings (SSSR count). The lowest BCUT2D eigenvalue weighted by molar-refractivity contribution is -0.137. The number of hydrogen-bond acceptors (Lipinski definition) is 2. The van der Waals surface area contributed by atoms with Crippen LogP contribution < -0.4 is 5.32 Å². The molecule has 1 atom stereocenters. The number of aryl methyl sites for hydroxylation is 1. The lowest BCUT2D eigenvalue weighted by Gasteiger charge is -2.31. The maximum atomic E-state index is 12.5. The van der Waals surface area contributed by atoms with E-state index in [4.69, 9.17) is 0 Å². The fourth-order valence-corrected chi connectivity index (χ4v) is 2.62. The third-order valence-electron chi connectivity index (χ3n) is 4.18. The molecule has 1 aromatic carbocycles. The number of piperidine rings is 1. The molecule has 1 aliphatic rings. The molecule has 1 unspecified atom stereocenters. The first-order chi connectivity index (χ1) is 9.09. The summed E-state index contributed by atoms with van der Waals surface area (Å²) in [7, 11) is 1.93. The standard InChI is InChI=1S/C16H24N2O/c1-12-4-6-14(7-5-12)13(2)18(3)16(19)15-8-10-17-11-9-15/h4-7,13,15,17H,8-11H2,1-3H3. The Kier molecular flexibility index (Phi) is 4.59. The number of carbonyl (C=O) groups is 1. The van der Waals surface area contributed by atoms with Gasteiger partial charge < -0.3 is 10.2 Å². The Bertz CT molecular complexity index is 421. The smallest absolute Gasteiger partial charge is 0.226 e. The molecule has 19 heavy (non-hydrogen) atoms.